The first-order valence-corrected chi connectivity index (χ1v) is 6.46. The van der Waals surface area contributed by atoms with Crippen LogP contribution < -0.4 is 0 Å². The Labute approximate surface area is 106 Å². The van der Waals surface area contributed by atoms with Crippen LogP contribution >= 0.6 is 11.6 Å². The van der Waals surface area contributed by atoms with E-state index in [1.165, 1.54) is 11.1 Å². The minimum Gasteiger partial charge on any atom is -0.271 e. The van der Waals surface area contributed by atoms with Crippen molar-refractivity contribution >= 4 is 17.5 Å². The van der Waals surface area contributed by atoms with Crippen molar-refractivity contribution in [3.8, 4) is 0 Å². The number of carbonyl (C=O) groups excluding carboxylic acids is 1. The van der Waals surface area contributed by atoms with Crippen molar-refractivity contribution in [3.63, 3.8) is 0 Å². The summed E-state index contributed by atoms with van der Waals surface area (Å²) in [6.07, 6.45) is 7.16. The summed E-state index contributed by atoms with van der Waals surface area (Å²) >= 11 is 5.49. The molecule has 0 aromatic rings. The van der Waals surface area contributed by atoms with Crippen LogP contribution in [0.15, 0.2) is 12.2 Å². The predicted octanol–water partition coefficient (Wildman–Crippen LogP) is 2.80. The molecule has 2 aliphatic rings. The first-order chi connectivity index (χ1) is 8.09. The number of nitrogens with zero attached hydrogens (tertiary/aromatic N) is 1. The van der Waals surface area contributed by atoms with Crippen molar-refractivity contribution in [2.24, 2.45) is 5.92 Å². The fraction of sp³-hybridized carbons (Fsp3) is 0.750. The molecule has 0 N–H and O–H groups in total. The van der Waals surface area contributed by atoms with Crippen LogP contribution in [0.3, 0.4) is 0 Å². The number of hydrogen-bond acceptors (Lipinski definition) is 2. The number of alkyl halides is 2. The molecular weight excluding hydrogens is 245 g/mol. The largest absolute Gasteiger partial charge is 0.271 e. The zero-order chi connectivity index (χ0) is 12.3. The summed E-state index contributed by atoms with van der Waals surface area (Å²) in [5.74, 6) is -0.0960. The maximum Gasteiger partial charge on any atom is 0.269 e. The van der Waals surface area contributed by atoms with Crippen LogP contribution in [-0.2, 0) is 9.63 Å². The van der Waals surface area contributed by atoms with Gasteiger partial charge in [-0.3, -0.25) is 9.63 Å². The van der Waals surface area contributed by atoms with Gasteiger partial charge in [-0.05, 0) is 25.7 Å². The van der Waals surface area contributed by atoms with Gasteiger partial charge in [-0.15, -0.1) is 0 Å². The van der Waals surface area contributed by atoms with E-state index in [0.29, 0.717) is 19.6 Å². The molecule has 96 valence electrons. The van der Waals surface area contributed by atoms with Crippen LogP contribution in [0.1, 0.15) is 32.1 Å². The van der Waals surface area contributed by atoms with E-state index in [0.717, 1.165) is 25.7 Å². The van der Waals surface area contributed by atoms with E-state index >= 15 is 0 Å². The van der Waals surface area contributed by atoms with Gasteiger partial charge in [-0.25, -0.2) is 9.45 Å². The molecule has 1 heterocycles. The van der Waals surface area contributed by atoms with Crippen LogP contribution in [-0.4, -0.2) is 29.2 Å². The number of unbranched alkanes of at least 4 members (excludes halogenated alkanes) is 1. The molecule has 0 radical (unpaired) electrons. The van der Waals surface area contributed by atoms with Gasteiger partial charge >= 0.3 is 0 Å². The van der Waals surface area contributed by atoms with Crippen molar-refractivity contribution in [1.29, 1.82) is 0 Å². The molecule has 2 fully saturated rings. The Morgan fingerprint density at radius 1 is 1.65 bits per heavy atom. The van der Waals surface area contributed by atoms with Gasteiger partial charge in [0.15, 0.2) is 5.13 Å². The Kier molecular flexibility index (Phi) is 4.05. The highest BCUT2D eigenvalue weighted by Crippen LogP contribution is 2.53. The molecule has 0 bridgehead atoms. The second-order valence-corrected chi connectivity index (χ2v) is 5.25. The molecule has 17 heavy (non-hydrogen) atoms. The number of hydrogen-bond donors (Lipinski definition) is 0. The summed E-state index contributed by atoms with van der Waals surface area (Å²) in [5.41, 5.74) is 0. The Morgan fingerprint density at radius 3 is 3.00 bits per heavy atom. The molecule has 2 atom stereocenters. The van der Waals surface area contributed by atoms with Crippen molar-refractivity contribution in [1.82, 2.24) is 5.06 Å². The highest BCUT2D eigenvalue weighted by molar-refractivity contribution is 6.24. The molecular formula is C12H17ClFNO2. The normalized spacial score (nSPS) is 32.4. The zero-order valence-electron chi connectivity index (χ0n) is 9.70. The maximum atomic E-state index is 13.0. The third-order valence-corrected chi connectivity index (χ3v) is 3.60. The molecule has 1 saturated heterocycles. The maximum absolute atomic E-state index is 13.0. The fourth-order valence-corrected chi connectivity index (χ4v) is 2.25. The van der Waals surface area contributed by atoms with Crippen molar-refractivity contribution in [2.45, 2.75) is 37.2 Å². The lowest BCUT2D eigenvalue weighted by Gasteiger charge is -2.10. The quantitative estimate of drug-likeness (QED) is 0.433. The second-order valence-electron chi connectivity index (χ2n) is 4.62. The Balaban J connectivity index is 1.56. The lowest BCUT2D eigenvalue weighted by molar-refractivity contribution is -0.162. The first kappa shape index (κ1) is 12.8. The van der Waals surface area contributed by atoms with Crippen molar-refractivity contribution < 1.29 is 14.0 Å². The van der Waals surface area contributed by atoms with E-state index in [1.807, 2.05) is 6.08 Å². The number of rotatable bonds is 5. The number of halogens is 2. The zero-order valence-corrected chi connectivity index (χ0v) is 10.5. The molecule has 1 amide bonds. The van der Waals surface area contributed by atoms with E-state index in [4.69, 9.17) is 16.4 Å². The summed E-state index contributed by atoms with van der Waals surface area (Å²) in [7, 11) is 0. The Morgan fingerprint density at radius 2 is 2.41 bits per heavy atom. The standard InChI is InChI=1S/C12H17ClFNO2/c13-12(14)9-10(12)5-2-1-3-6-11(16)15-7-4-8-17-15/h3,6,10H,1-2,4-5,7-9H2/b6-3+. The van der Waals surface area contributed by atoms with Crippen molar-refractivity contribution in [3.05, 3.63) is 12.2 Å². The fourth-order valence-electron chi connectivity index (χ4n) is 1.95. The molecule has 3 nitrogen and oxygen atoms in total. The molecule has 0 aromatic carbocycles. The van der Waals surface area contributed by atoms with Crippen LogP contribution in [0.4, 0.5) is 4.39 Å². The Hall–Kier alpha value is -0.610. The highest BCUT2D eigenvalue weighted by Gasteiger charge is 2.53. The molecule has 1 saturated carbocycles. The topological polar surface area (TPSA) is 29.5 Å². The van der Waals surface area contributed by atoms with Crippen molar-refractivity contribution in [2.75, 3.05) is 13.2 Å². The number of carbonyl (C=O) groups is 1. The summed E-state index contributed by atoms with van der Waals surface area (Å²) < 4.78 is 13.0. The van der Waals surface area contributed by atoms with Gasteiger partial charge in [0.25, 0.3) is 5.91 Å². The second kappa shape index (κ2) is 5.36. The van der Waals surface area contributed by atoms with Gasteiger partial charge < -0.3 is 0 Å². The Bertz CT molecular complexity index is 314. The smallest absolute Gasteiger partial charge is 0.269 e. The molecule has 1 aliphatic carbocycles. The molecule has 2 rings (SSSR count). The van der Waals surface area contributed by atoms with Crippen LogP contribution in [0.25, 0.3) is 0 Å². The predicted molar refractivity (Wildman–Crippen MR) is 63.1 cm³/mol. The van der Waals surface area contributed by atoms with Crippen LogP contribution in [0.5, 0.6) is 0 Å². The van der Waals surface area contributed by atoms with Gasteiger partial charge in [0, 0.05) is 18.4 Å². The van der Waals surface area contributed by atoms with Gasteiger partial charge in [0.2, 0.25) is 0 Å². The third-order valence-electron chi connectivity index (χ3n) is 3.14. The van der Waals surface area contributed by atoms with E-state index in [2.05, 4.69) is 0 Å². The summed E-state index contributed by atoms with van der Waals surface area (Å²) in [6, 6.07) is 0. The van der Waals surface area contributed by atoms with E-state index < -0.39 is 5.13 Å². The average molecular weight is 262 g/mol. The lowest BCUT2D eigenvalue weighted by Crippen LogP contribution is -2.24. The minimum atomic E-state index is -1.44. The van der Waals surface area contributed by atoms with Gasteiger partial charge in [0.05, 0.1) is 13.2 Å². The summed E-state index contributed by atoms with van der Waals surface area (Å²) in [4.78, 5) is 16.6. The van der Waals surface area contributed by atoms with Gasteiger partial charge in [-0.1, -0.05) is 17.7 Å². The number of allylic oxidation sites excluding steroid dienone is 1. The molecule has 0 aromatic heterocycles. The van der Waals surface area contributed by atoms with Gasteiger partial charge in [0.1, 0.15) is 0 Å². The average Bonchev–Trinajstić information content (AvgIpc) is 2.72. The molecule has 5 heteroatoms. The summed E-state index contributed by atoms with van der Waals surface area (Å²) in [5, 5.41) is -0.0638. The minimum absolute atomic E-state index is 0.00943. The SMILES string of the molecule is O=C(/C=C/CCCC1CC1(F)Cl)N1CCCO1. The summed E-state index contributed by atoms with van der Waals surface area (Å²) in [6.45, 7) is 1.29. The molecule has 1 aliphatic heterocycles. The monoisotopic (exact) mass is 261 g/mol. The highest BCUT2D eigenvalue weighted by atomic mass is 35.5. The van der Waals surface area contributed by atoms with E-state index in [1.54, 1.807) is 0 Å². The first-order valence-electron chi connectivity index (χ1n) is 6.08. The van der Waals surface area contributed by atoms with E-state index in [9.17, 15) is 9.18 Å². The molecule has 0 spiro atoms. The van der Waals surface area contributed by atoms with Crippen LogP contribution in [0.2, 0.25) is 0 Å². The third kappa shape index (κ3) is 3.68. The molecule has 2 unspecified atom stereocenters. The van der Waals surface area contributed by atoms with Crippen LogP contribution in [0, 0.1) is 5.92 Å². The van der Waals surface area contributed by atoms with E-state index in [-0.39, 0.29) is 11.8 Å². The lowest BCUT2D eigenvalue weighted by atomic mass is 10.1. The van der Waals surface area contributed by atoms with Gasteiger partial charge in [-0.2, -0.15) is 0 Å². The number of amides is 1. The number of hydroxylamine groups is 2.